The van der Waals surface area contributed by atoms with Gasteiger partial charge in [-0.1, -0.05) is 0 Å². The van der Waals surface area contributed by atoms with Gasteiger partial charge < -0.3 is 15.2 Å². The first-order valence-electron chi connectivity index (χ1n) is 4.39. The molecule has 0 fully saturated rings. The summed E-state index contributed by atoms with van der Waals surface area (Å²) in [5.41, 5.74) is 6.27. The summed E-state index contributed by atoms with van der Waals surface area (Å²) >= 11 is 0. The number of rotatable bonds is 5. The second-order valence-electron chi connectivity index (χ2n) is 2.61. The average Bonchev–Trinajstić information content (AvgIpc) is 2.15. The summed E-state index contributed by atoms with van der Waals surface area (Å²) in [7, 11) is 0. The molecule has 0 radical (unpaired) electrons. The van der Waals surface area contributed by atoms with Crippen LogP contribution in [0.15, 0.2) is 24.3 Å². The average molecular weight is 181 g/mol. The van der Waals surface area contributed by atoms with Crippen LogP contribution in [0.2, 0.25) is 0 Å². The van der Waals surface area contributed by atoms with Crippen LogP contribution in [0.25, 0.3) is 0 Å². The quantitative estimate of drug-likeness (QED) is 0.555. The molecule has 0 aliphatic carbocycles. The monoisotopic (exact) mass is 181 g/mol. The van der Waals surface area contributed by atoms with E-state index >= 15 is 0 Å². The molecule has 0 aliphatic heterocycles. The van der Waals surface area contributed by atoms with Gasteiger partial charge in [0.25, 0.3) is 0 Å². The lowest BCUT2D eigenvalue weighted by Gasteiger charge is -2.05. The van der Waals surface area contributed by atoms with E-state index in [2.05, 4.69) is 0 Å². The van der Waals surface area contributed by atoms with Crippen LogP contribution in [0.3, 0.4) is 0 Å². The van der Waals surface area contributed by atoms with Crippen molar-refractivity contribution in [2.75, 3.05) is 25.6 Å². The van der Waals surface area contributed by atoms with Gasteiger partial charge in [0.05, 0.1) is 6.61 Å². The fourth-order valence-corrected chi connectivity index (χ4v) is 0.927. The Kier molecular flexibility index (Phi) is 4.12. The lowest BCUT2D eigenvalue weighted by molar-refractivity contribution is 0.110. The summed E-state index contributed by atoms with van der Waals surface area (Å²) in [5.74, 6) is 0.828. The predicted octanol–water partition coefficient (Wildman–Crippen LogP) is 1.68. The number of benzene rings is 1. The lowest BCUT2D eigenvalue weighted by Crippen LogP contribution is -2.06. The van der Waals surface area contributed by atoms with Crippen molar-refractivity contribution >= 4 is 5.69 Å². The smallest absolute Gasteiger partial charge is 0.119 e. The van der Waals surface area contributed by atoms with Gasteiger partial charge in [-0.05, 0) is 31.2 Å². The van der Waals surface area contributed by atoms with E-state index in [1.807, 2.05) is 31.2 Å². The molecule has 0 unspecified atom stereocenters. The Labute approximate surface area is 78.5 Å². The van der Waals surface area contributed by atoms with E-state index in [4.69, 9.17) is 15.2 Å². The molecule has 0 saturated carbocycles. The number of hydrogen-bond acceptors (Lipinski definition) is 3. The minimum atomic E-state index is 0.581. The Morgan fingerprint density at radius 1 is 1.15 bits per heavy atom. The molecule has 13 heavy (non-hydrogen) atoms. The first kappa shape index (κ1) is 9.86. The van der Waals surface area contributed by atoms with Crippen molar-refractivity contribution in [2.45, 2.75) is 6.92 Å². The summed E-state index contributed by atoms with van der Waals surface area (Å²) in [4.78, 5) is 0. The minimum absolute atomic E-state index is 0.581. The van der Waals surface area contributed by atoms with E-state index in [0.29, 0.717) is 13.2 Å². The van der Waals surface area contributed by atoms with Gasteiger partial charge in [0.1, 0.15) is 12.4 Å². The Morgan fingerprint density at radius 3 is 2.46 bits per heavy atom. The molecular weight excluding hydrogens is 166 g/mol. The van der Waals surface area contributed by atoms with Crippen molar-refractivity contribution in [3.63, 3.8) is 0 Å². The van der Waals surface area contributed by atoms with Crippen molar-refractivity contribution in [1.29, 1.82) is 0 Å². The molecule has 72 valence electrons. The van der Waals surface area contributed by atoms with Gasteiger partial charge in [0.2, 0.25) is 0 Å². The van der Waals surface area contributed by atoms with E-state index < -0.39 is 0 Å². The Morgan fingerprint density at radius 2 is 1.85 bits per heavy atom. The molecular formula is C10H15NO2. The first-order valence-corrected chi connectivity index (χ1v) is 4.39. The Hall–Kier alpha value is -1.22. The number of nitrogens with two attached hydrogens (primary N) is 1. The van der Waals surface area contributed by atoms with E-state index in [0.717, 1.165) is 18.0 Å². The fraction of sp³-hybridized carbons (Fsp3) is 0.400. The standard InChI is InChI=1S/C10H15NO2/c1-2-12-7-8-13-10-5-3-9(11)4-6-10/h3-6H,2,7-8,11H2,1H3. The van der Waals surface area contributed by atoms with Gasteiger partial charge in [-0.15, -0.1) is 0 Å². The molecule has 1 aromatic carbocycles. The van der Waals surface area contributed by atoms with Gasteiger partial charge in [0.15, 0.2) is 0 Å². The molecule has 0 spiro atoms. The summed E-state index contributed by atoms with van der Waals surface area (Å²) < 4.78 is 10.5. The zero-order chi connectivity index (χ0) is 9.52. The van der Waals surface area contributed by atoms with Crippen molar-refractivity contribution in [3.8, 4) is 5.75 Å². The normalized spacial score (nSPS) is 9.92. The molecule has 0 aromatic heterocycles. The summed E-state index contributed by atoms with van der Waals surface area (Å²) in [6, 6.07) is 7.33. The molecule has 0 atom stereocenters. The zero-order valence-electron chi connectivity index (χ0n) is 7.82. The SMILES string of the molecule is CCOCCOc1ccc(N)cc1. The maximum atomic E-state index is 5.52. The van der Waals surface area contributed by atoms with Gasteiger partial charge in [-0.25, -0.2) is 0 Å². The van der Waals surface area contributed by atoms with Crippen molar-refractivity contribution in [1.82, 2.24) is 0 Å². The number of nitrogen functional groups attached to an aromatic ring is 1. The molecule has 0 saturated heterocycles. The lowest BCUT2D eigenvalue weighted by atomic mass is 10.3. The third kappa shape index (κ3) is 3.80. The molecule has 0 bridgehead atoms. The van der Waals surface area contributed by atoms with Gasteiger partial charge in [-0.3, -0.25) is 0 Å². The number of hydrogen-bond donors (Lipinski definition) is 1. The van der Waals surface area contributed by atoms with Crippen LogP contribution in [0.4, 0.5) is 5.69 Å². The number of anilines is 1. The molecule has 0 aliphatic rings. The molecule has 2 N–H and O–H groups in total. The summed E-state index contributed by atoms with van der Waals surface area (Å²) in [6.45, 7) is 3.90. The van der Waals surface area contributed by atoms with Crippen LogP contribution in [-0.4, -0.2) is 19.8 Å². The van der Waals surface area contributed by atoms with Crippen molar-refractivity contribution < 1.29 is 9.47 Å². The van der Waals surface area contributed by atoms with Gasteiger partial charge in [-0.2, -0.15) is 0 Å². The van der Waals surface area contributed by atoms with Crippen LogP contribution in [0, 0.1) is 0 Å². The molecule has 0 heterocycles. The topological polar surface area (TPSA) is 44.5 Å². The zero-order valence-corrected chi connectivity index (χ0v) is 7.82. The second kappa shape index (κ2) is 5.43. The summed E-state index contributed by atoms with van der Waals surface area (Å²) in [5, 5.41) is 0. The highest BCUT2D eigenvalue weighted by Gasteiger charge is 1.92. The highest BCUT2D eigenvalue weighted by molar-refractivity contribution is 5.41. The number of ether oxygens (including phenoxy) is 2. The highest BCUT2D eigenvalue weighted by Crippen LogP contribution is 2.12. The van der Waals surface area contributed by atoms with Crippen molar-refractivity contribution in [3.05, 3.63) is 24.3 Å². The van der Waals surface area contributed by atoms with Gasteiger partial charge in [0, 0.05) is 12.3 Å². The van der Waals surface area contributed by atoms with Crippen molar-refractivity contribution in [2.24, 2.45) is 0 Å². The largest absolute Gasteiger partial charge is 0.491 e. The maximum Gasteiger partial charge on any atom is 0.119 e. The molecule has 3 heteroatoms. The third-order valence-corrected chi connectivity index (χ3v) is 1.58. The molecule has 0 amide bonds. The van der Waals surface area contributed by atoms with Gasteiger partial charge >= 0.3 is 0 Å². The fourth-order valence-electron chi connectivity index (χ4n) is 0.927. The van der Waals surface area contributed by atoms with E-state index in [-0.39, 0.29) is 0 Å². The third-order valence-electron chi connectivity index (χ3n) is 1.58. The first-order chi connectivity index (χ1) is 6.33. The highest BCUT2D eigenvalue weighted by atomic mass is 16.5. The van der Waals surface area contributed by atoms with E-state index in [1.54, 1.807) is 0 Å². The van der Waals surface area contributed by atoms with Crippen LogP contribution in [-0.2, 0) is 4.74 Å². The second-order valence-corrected chi connectivity index (χ2v) is 2.61. The maximum absolute atomic E-state index is 5.52. The van der Waals surface area contributed by atoms with Crippen LogP contribution >= 0.6 is 0 Å². The Bertz CT molecular complexity index is 233. The molecule has 1 aromatic rings. The molecule has 3 nitrogen and oxygen atoms in total. The molecule has 1 rings (SSSR count). The van der Waals surface area contributed by atoms with Crippen LogP contribution < -0.4 is 10.5 Å². The van der Waals surface area contributed by atoms with Crippen LogP contribution in [0.1, 0.15) is 6.92 Å². The van der Waals surface area contributed by atoms with E-state index in [9.17, 15) is 0 Å². The predicted molar refractivity (Wildman–Crippen MR) is 52.8 cm³/mol. The van der Waals surface area contributed by atoms with E-state index in [1.165, 1.54) is 0 Å². The minimum Gasteiger partial charge on any atom is -0.491 e. The summed E-state index contributed by atoms with van der Waals surface area (Å²) in [6.07, 6.45) is 0. The Balaban J connectivity index is 2.25. The van der Waals surface area contributed by atoms with Crippen LogP contribution in [0.5, 0.6) is 5.75 Å².